The third-order valence-electron chi connectivity index (χ3n) is 6.61. The molecule has 13 heteroatoms. The zero-order valence-electron chi connectivity index (χ0n) is 21.5. The van der Waals surface area contributed by atoms with E-state index in [1.54, 1.807) is 0 Å². The average molecular weight is 571 g/mol. The Hall–Kier alpha value is -3.45. The van der Waals surface area contributed by atoms with E-state index in [-0.39, 0.29) is 42.8 Å². The predicted octanol–water partition coefficient (Wildman–Crippen LogP) is 3.27. The topological polar surface area (TPSA) is 130 Å². The van der Waals surface area contributed by atoms with E-state index >= 15 is 0 Å². The lowest BCUT2D eigenvalue weighted by Crippen LogP contribution is -2.45. The zero-order chi connectivity index (χ0) is 29.2. The van der Waals surface area contributed by atoms with Gasteiger partial charge in [0, 0.05) is 31.3 Å². The normalized spacial score (nSPS) is 17.1. The maximum atomic E-state index is 13.5. The lowest BCUT2D eigenvalue weighted by atomic mass is 9.91. The van der Waals surface area contributed by atoms with Gasteiger partial charge in [-0.2, -0.15) is 13.2 Å². The van der Waals surface area contributed by atoms with Gasteiger partial charge >= 0.3 is 12.1 Å². The maximum Gasteiger partial charge on any atom is 0.421 e. The van der Waals surface area contributed by atoms with E-state index in [0.717, 1.165) is 18.4 Å². The molecule has 212 valence electrons. The van der Waals surface area contributed by atoms with E-state index in [1.807, 2.05) is 0 Å². The quantitative estimate of drug-likeness (QED) is 0.466. The smallest absolute Gasteiger partial charge is 0.421 e. The molecule has 3 rings (SSSR count). The van der Waals surface area contributed by atoms with Gasteiger partial charge in [-0.05, 0) is 60.7 Å². The first-order valence-corrected chi connectivity index (χ1v) is 13.8. The number of hydrogen-bond donors (Lipinski definition) is 2. The van der Waals surface area contributed by atoms with Gasteiger partial charge in [0.1, 0.15) is 6.04 Å². The SMILES string of the molecule is COC(=O)CCCC(=O)N1CCc2cc(S(C)(=O)=O)ccc2C1C(=O)Nc1ccc(C(C)(O)C(F)(F)F)cc1. The summed E-state index contributed by atoms with van der Waals surface area (Å²) in [5, 5.41) is 12.5. The Kier molecular flexibility index (Phi) is 8.75. The first kappa shape index (κ1) is 30.1. The van der Waals surface area contributed by atoms with Crippen molar-refractivity contribution in [1.82, 2.24) is 4.90 Å². The van der Waals surface area contributed by atoms with Gasteiger partial charge in [0.25, 0.3) is 5.91 Å². The number of hydrogen-bond acceptors (Lipinski definition) is 7. The highest BCUT2D eigenvalue weighted by Gasteiger charge is 2.51. The van der Waals surface area contributed by atoms with Crippen LogP contribution in [0.4, 0.5) is 18.9 Å². The van der Waals surface area contributed by atoms with Gasteiger partial charge in [0.2, 0.25) is 5.91 Å². The first-order valence-electron chi connectivity index (χ1n) is 12.0. The fourth-order valence-electron chi connectivity index (χ4n) is 4.27. The highest BCUT2D eigenvalue weighted by atomic mass is 32.2. The van der Waals surface area contributed by atoms with Gasteiger partial charge in [0.15, 0.2) is 15.4 Å². The van der Waals surface area contributed by atoms with Gasteiger partial charge in [-0.1, -0.05) is 18.2 Å². The third kappa shape index (κ3) is 6.77. The Labute approximate surface area is 223 Å². The van der Waals surface area contributed by atoms with Crippen molar-refractivity contribution in [2.75, 3.05) is 25.2 Å². The van der Waals surface area contributed by atoms with E-state index in [2.05, 4.69) is 10.1 Å². The highest BCUT2D eigenvalue weighted by Crippen LogP contribution is 2.39. The third-order valence-corrected chi connectivity index (χ3v) is 7.72. The second-order valence-corrected chi connectivity index (χ2v) is 11.5. The number of ether oxygens (including phenoxy) is 1. The van der Waals surface area contributed by atoms with E-state index in [9.17, 15) is 41.1 Å². The number of fused-ring (bicyclic) bond motifs is 1. The second kappa shape index (κ2) is 11.3. The molecule has 2 N–H and O–H groups in total. The lowest BCUT2D eigenvalue weighted by molar-refractivity contribution is -0.258. The molecule has 0 saturated carbocycles. The van der Waals surface area contributed by atoms with Crippen molar-refractivity contribution in [3.8, 4) is 0 Å². The number of rotatable bonds is 8. The van der Waals surface area contributed by atoms with Gasteiger partial charge in [-0.15, -0.1) is 0 Å². The van der Waals surface area contributed by atoms with Gasteiger partial charge in [-0.3, -0.25) is 14.4 Å². The van der Waals surface area contributed by atoms with Crippen molar-refractivity contribution in [2.45, 2.75) is 55.3 Å². The maximum absolute atomic E-state index is 13.5. The lowest BCUT2D eigenvalue weighted by Gasteiger charge is -2.36. The standard InChI is InChI=1S/C26H29F3N2O7S/c1-25(35,26(27,28)29)17-7-9-18(10-8-17)30-24(34)23-20-12-11-19(39(3,36)37)15-16(20)13-14-31(23)21(32)5-4-6-22(33)38-2/h7-12,15,23,35H,4-6,13-14H2,1-3H3,(H,30,34). The fourth-order valence-corrected chi connectivity index (χ4v) is 4.94. The van der Waals surface area contributed by atoms with Crippen LogP contribution in [0.2, 0.25) is 0 Å². The van der Waals surface area contributed by atoms with Crippen LogP contribution in [0.5, 0.6) is 0 Å². The molecule has 0 aliphatic carbocycles. The van der Waals surface area contributed by atoms with Crippen LogP contribution in [0.3, 0.4) is 0 Å². The van der Waals surface area contributed by atoms with Crippen LogP contribution in [0, 0.1) is 0 Å². The summed E-state index contributed by atoms with van der Waals surface area (Å²) in [6.07, 6.45) is -3.42. The number of halogens is 3. The number of esters is 1. The molecule has 0 bridgehead atoms. The van der Waals surface area contributed by atoms with Crippen LogP contribution in [0.15, 0.2) is 47.4 Å². The Morgan fingerprint density at radius 1 is 1.10 bits per heavy atom. The van der Waals surface area contributed by atoms with Crippen molar-refractivity contribution in [2.24, 2.45) is 0 Å². The molecular weight excluding hydrogens is 541 g/mol. The minimum absolute atomic E-state index is 0.00923. The number of carbonyl (C=O) groups is 3. The van der Waals surface area contributed by atoms with Crippen LogP contribution in [0.25, 0.3) is 0 Å². The number of nitrogens with one attached hydrogen (secondary N) is 1. The second-order valence-electron chi connectivity index (χ2n) is 9.44. The number of carbonyl (C=O) groups excluding carboxylic acids is 3. The van der Waals surface area contributed by atoms with Crippen LogP contribution in [0.1, 0.15) is 48.9 Å². The number of nitrogens with zero attached hydrogens (tertiary/aromatic N) is 1. The van der Waals surface area contributed by atoms with Crippen LogP contribution in [-0.4, -0.2) is 62.3 Å². The molecular formula is C26H29F3N2O7S. The average Bonchev–Trinajstić information content (AvgIpc) is 2.86. The summed E-state index contributed by atoms with van der Waals surface area (Å²) in [6.45, 7) is 0.719. The number of aliphatic hydroxyl groups is 1. The molecule has 0 fully saturated rings. The molecule has 39 heavy (non-hydrogen) atoms. The van der Waals surface area contributed by atoms with Gasteiger partial charge in [-0.25, -0.2) is 8.42 Å². The van der Waals surface area contributed by atoms with Crippen molar-refractivity contribution < 1.29 is 45.8 Å². The fraction of sp³-hybridized carbons (Fsp3) is 0.423. The van der Waals surface area contributed by atoms with Crippen molar-refractivity contribution in [3.05, 3.63) is 59.2 Å². The molecule has 1 heterocycles. The number of anilines is 1. The van der Waals surface area contributed by atoms with Crippen molar-refractivity contribution in [3.63, 3.8) is 0 Å². The summed E-state index contributed by atoms with van der Waals surface area (Å²) in [5.41, 5.74) is -2.42. The first-order chi connectivity index (χ1) is 18.1. The molecule has 2 unspecified atom stereocenters. The summed E-state index contributed by atoms with van der Waals surface area (Å²) >= 11 is 0. The van der Waals surface area contributed by atoms with E-state index in [4.69, 9.17) is 0 Å². The van der Waals surface area contributed by atoms with Crippen LogP contribution >= 0.6 is 0 Å². The minimum atomic E-state index is -4.91. The Morgan fingerprint density at radius 3 is 2.31 bits per heavy atom. The molecule has 2 aromatic rings. The zero-order valence-corrected chi connectivity index (χ0v) is 22.4. The largest absolute Gasteiger partial charge is 0.469 e. The van der Waals surface area contributed by atoms with Gasteiger partial charge < -0.3 is 20.1 Å². The molecule has 2 atom stereocenters. The molecule has 0 radical (unpaired) electrons. The number of alkyl halides is 3. The number of amides is 2. The van der Waals surface area contributed by atoms with Crippen molar-refractivity contribution in [1.29, 1.82) is 0 Å². The number of methoxy groups -OCH3 is 1. The molecule has 0 aromatic heterocycles. The monoisotopic (exact) mass is 570 g/mol. The Morgan fingerprint density at radius 2 is 1.74 bits per heavy atom. The van der Waals surface area contributed by atoms with Crippen LogP contribution < -0.4 is 5.32 Å². The molecule has 1 aliphatic heterocycles. The molecule has 0 spiro atoms. The minimum Gasteiger partial charge on any atom is -0.469 e. The highest BCUT2D eigenvalue weighted by molar-refractivity contribution is 7.90. The summed E-state index contributed by atoms with van der Waals surface area (Å²) < 4.78 is 68.2. The van der Waals surface area contributed by atoms with Gasteiger partial charge in [0.05, 0.1) is 12.0 Å². The summed E-state index contributed by atoms with van der Waals surface area (Å²) in [4.78, 5) is 39.4. The summed E-state index contributed by atoms with van der Waals surface area (Å²) in [5.74, 6) is -1.56. The van der Waals surface area contributed by atoms with E-state index in [1.165, 1.54) is 42.3 Å². The van der Waals surface area contributed by atoms with E-state index < -0.39 is 51.0 Å². The Balaban J connectivity index is 1.90. The molecule has 0 saturated heterocycles. The van der Waals surface area contributed by atoms with Crippen LogP contribution in [-0.2, 0) is 41.0 Å². The number of benzene rings is 2. The molecule has 2 amide bonds. The Bertz CT molecular complexity index is 1360. The van der Waals surface area contributed by atoms with E-state index in [0.29, 0.717) is 18.1 Å². The summed E-state index contributed by atoms with van der Waals surface area (Å²) in [7, 11) is -2.30. The predicted molar refractivity (Wildman–Crippen MR) is 134 cm³/mol. The molecule has 2 aromatic carbocycles. The molecule has 1 aliphatic rings. The van der Waals surface area contributed by atoms with Crippen molar-refractivity contribution >= 4 is 33.3 Å². The summed E-state index contributed by atoms with van der Waals surface area (Å²) in [6, 6.07) is 7.57. The molecule has 9 nitrogen and oxygen atoms in total. The number of sulfone groups is 1.